The fourth-order valence-corrected chi connectivity index (χ4v) is 2.23. The topological polar surface area (TPSA) is 49.4 Å². The summed E-state index contributed by atoms with van der Waals surface area (Å²) in [6.45, 7) is 2.41. The molecule has 1 heterocycles. The number of nitrogens with one attached hydrogen (secondary N) is 1. The zero-order chi connectivity index (χ0) is 14.7. The van der Waals surface area contributed by atoms with Crippen LogP contribution in [0.3, 0.4) is 0 Å². The Morgan fingerprint density at radius 2 is 2.05 bits per heavy atom. The quantitative estimate of drug-likeness (QED) is 0.867. The van der Waals surface area contributed by atoms with Crippen LogP contribution in [0.4, 0.5) is 0 Å². The highest BCUT2D eigenvalue weighted by Gasteiger charge is 2.30. The molecule has 20 heavy (non-hydrogen) atoms. The lowest BCUT2D eigenvalue weighted by molar-refractivity contribution is -0.130. The Balaban J connectivity index is 2.01. The van der Waals surface area contributed by atoms with Crippen LogP contribution in [0.5, 0.6) is 0 Å². The normalized spacial score (nSPS) is 19.4. The average Bonchev–Trinajstić information content (AvgIpc) is 2.73. The second-order valence-corrected chi connectivity index (χ2v) is 5.39. The van der Waals surface area contributed by atoms with E-state index >= 15 is 0 Å². The van der Waals surface area contributed by atoms with Gasteiger partial charge in [0.2, 0.25) is 11.8 Å². The van der Waals surface area contributed by atoms with Crippen molar-refractivity contribution in [1.29, 1.82) is 0 Å². The minimum Gasteiger partial charge on any atom is -0.344 e. The van der Waals surface area contributed by atoms with E-state index in [1.54, 1.807) is 37.1 Å². The molecule has 4 nitrogen and oxygen atoms in total. The number of likely N-dealkylation sites (N-methyl/N-ethyl adjacent to an activating group) is 1. The van der Waals surface area contributed by atoms with Gasteiger partial charge in [-0.05, 0) is 37.1 Å². The molecule has 1 aromatic rings. The number of carbonyl (C=O) groups excluding carboxylic acids is 2. The van der Waals surface area contributed by atoms with Crippen molar-refractivity contribution < 1.29 is 9.59 Å². The SMILES string of the molecule is C/C(=C\c1ccc(Cl)cc1)C(=O)NC1CCN(C)C1=O. The van der Waals surface area contributed by atoms with E-state index in [1.165, 1.54) is 0 Å². The molecule has 2 amide bonds. The van der Waals surface area contributed by atoms with Gasteiger partial charge in [-0.15, -0.1) is 0 Å². The van der Waals surface area contributed by atoms with Crippen molar-refractivity contribution in [2.75, 3.05) is 13.6 Å². The molecular formula is C15H17ClN2O2. The molecule has 0 saturated carbocycles. The first-order valence-corrected chi connectivity index (χ1v) is 6.85. The van der Waals surface area contributed by atoms with Crippen LogP contribution in [0.2, 0.25) is 5.02 Å². The predicted octanol–water partition coefficient (Wildman–Crippen LogP) is 2.09. The third-order valence-electron chi connectivity index (χ3n) is 3.34. The summed E-state index contributed by atoms with van der Waals surface area (Å²) in [4.78, 5) is 25.4. The summed E-state index contributed by atoms with van der Waals surface area (Å²) in [5, 5.41) is 3.42. The van der Waals surface area contributed by atoms with Gasteiger partial charge in [0.25, 0.3) is 0 Å². The van der Waals surface area contributed by atoms with Crippen molar-refractivity contribution in [3.05, 3.63) is 40.4 Å². The van der Waals surface area contributed by atoms with Crippen molar-refractivity contribution >= 4 is 29.5 Å². The lowest BCUT2D eigenvalue weighted by Gasteiger charge is -2.12. The summed E-state index contributed by atoms with van der Waals surface area (Å²) >= 11 is 5.81. The Hall–Kier alpha value is -1.81. The number of benzene rings is 1. The van der Waals surface area contributed by atoms with E-state index in [0.29, 0.717) is 23.6 Å². The summed E-state index contributed by atoms with van der Waals surface area (Å²) in [5.74, 6) is -0.244. The summed E-state index contributed by atoms with van der Waals surface area (Å²) in [6, 6.07) is 6.82. The Bertz CT molecular complexity index is 551. The maximum absolute atomic E-state index is 12.0. The van der Waals surface area contributed by atoms with E-state index in [-0.39, 0.29) is 11.8 Å². The third kappa shape index (κ3) is 3.39. The van der Waals surface area contributed by atoms with Crippen molar-refractivity contribution in [3.63, 3.8) is 0 Å². The molecule has 106 valence electrons. The van der Waals surface area contributed by atoms with Crippen LogP contribution in [0.1, 0.15) is 18.9 Å². The average molecular weight is 293 g/mol. The predicted molar refractivity (Wildman–Crippen MR) is 79.3 cm³/mol. The van der Waals surface area contributed by atoms with Crippen molar-refractivity contribution in [2.45, 2.75) is 19.4 Å². The first-order chi connectivity index (χ1) is 9.47. The lowest BCUT2D eigenvalue weighted by Crippen LogP contribution is -2.40. The Morgan fingerprint density at radius 3 is 2.60 bits per heavy atom. The van der Waals surface area contributed by atoms with E-state index in [2.05, 4.69) is 5.32 Å². The molecule has 1 N–H and O–H groups in total. The highest BCUT2D eigenvalue weighted by atomic mass is 35.5. The summed E-state index contributed by atoms with van der Waals surface area (Å²) < 4.78 is 0. The fourth-order valence-electron chi connectivity index (χ4n) is 2.10. The smallest absolute Gasteiger partial charge is 0.247 e. The van der Waals surface area contributed by atoms with Gasteiger partial charge in [0.05, 0.1) is 0 Å². The molecule has 0 aliphatic carbocycles. The van der Waals surface area contributed by atoms with E-state index in [9.17, 15) is 9.59 Å². The van der Waals surface area contributed by atoms with Crippen LogP contribution in [0.25, 0.3) is 6.08 Å². The second-order valence-electron chi connectivity index (χ2n) is 4.95. The highest BCUT2D eigenvalue weighted by Crippen LogP contribution is 2.13. The molecule has 0 spiro atoms. The second kappa shape index (κ2) is 6.09. The van der Waals surface area contributed by atoms with Crippen molar-refractivity contribution in [3.8, 4) is 0 Å². The molecule has 1 unspecified atom stereocenters. The number of rotatable bonds is 3. The van der Waals surface area contributed by atoms with Gasteiger partial charge in [-0.25, -0.2) is 0 Å². The molecule has 0 aromatic heterocycles. The molecule has 2 rings (SSSR count). The standard InChI is InChI=1S/C15H17ClN2O2/c1-10(9-11-3-5-12(16)6-4-11)14(19)17-13-7-8-18(2)15(13)20/h3-6,9,13H,7-8H2,1-2H3,(H,17,19)/b10-9+. The molecule has 1 aliphatic rings. The van der Waals surface area contributed by atoms with Crippen LogP contribution in [0, 0.1) is 0 Å². The summed E-state index contributed by atoms with van der Waals surface area (Å²) in [7, 11) is 1.74. The first-order valence-electron chi connectivity index (χ1n) is 6.47. The highest BCUT2D eigenvalue weighted by molar-refractivity contribution is 6.30. The molecule has 5 heteroatoms. The van der Waals surface area contributed by atoms with Gasteiger partial charge < -0.3 is 10.2 Å². The first kappa shape index (κ1) is 14.6. The van der Waals surface area contributed by atoms with Gasteiger partial charge in [0, 0.05) is 24.2 Å². The molecule has 0 bridgehead atoms. The number of amides is 2. The van der Waals surface area contributed by atoms with Crippen LogP contribution in [-0.4, -0.2) is 36.3 Å². The Morgan fingerprint density at radius 1 is 1.40 bits per heavy atom. The number of halogens is 1. The molecule has 1 aliphatic heterocycles. The number of hydrogen-bond acceptors (Lipinski definition) is 2. The van der Waals surface area contributed by atoms with Gasteiger partial charge in [0.15, 0.2) is 0 Å². The maximum Gasteiger partial charge on any atom is 0.247 e. The number of nitrogens with zero attached hydrogens (tertiary/aromatic N) is 1. The summed E-state index contributed by atoms with van der Waals surface area (Å²) in [6.07, 6.45) is 2.43. The van der Waals surface area contributed by atoms with Gasteiger partial charge >= 0.3 is 0 Å². The zero-order valence-electron chi connectivity index (χ0n) is 11.5. The maximum atomic E-state index is 12.0. The number of hydrogen-bond donors (Lipinski definition) is 1. The Labute approximate surface area is 123 Å². The fraction of sp³-hybridized carbons (Fsp3) is 0.333. The summed E-state index contributed by atoms with van der Waals surface area (Å²) in [5.41, 5.74) is 1.46. The van der Waals surface area contributed by atoms with Crippen LogP contribution < -0.4 is 5.32 Å². The van der Waals surface area contributed by atoms with Gasteiger partial charge in [-0.3, -0.25) is 9.59 Å². The van der Waals surface area contributed by atoms with Crippen LogP contribution in [0.15, 0.2) is 29.8 Å². The van der Waals surface area contributed by atoms with Gasteiger partial charge in [0.1, 0.15) is 6.04 Å². The Kier molecular flexibility index (Phi) is 4.45. The van der Waals surface area contributed by atoms with E-state index in [4.69, 9.17) is 11.6 Å². The van der Waals surface area contributed by atoms with Crippen LogP contribution in [-0.2, 0) is 9.59 Å². The largest absolute Gasteiger partial charge is 0.344 e. The van der Waals surface area contributed by atoms with Crippen molar-refractivity contribution in [1.82, 2.24) is 10.2 Å². The molecule has 1 fully saturated rings. The van der Waals surface area contributed by atoms with E-state index in [0.717, 1.165) is 5.56 Å². The van der Waals surface area contributed by atoms with Gasteiger partial charge in [-0.1, -0.05) is 23.7 Å². The van der Waals surface area contributed by atoms with Gasteiger partial charge in [-0.2, -0.15) is 0 Å². The minimum absolute atomic E-state index is 0.0300. The van der Waals surface area contributed by atoms with E-state index in [1.807, 2.05) is 12.1 Å². The monoisotopic (exact) mass is 292 g/mol. The minimum atomic E-state index is -0.402. The molecule has 1 aromatic carbocycles. The number of carbonyl (C=O) groups is 2. The zero-order valence-corrected chi connectivity index (χ0v) is 12.3. The third-order valence-corrected chi connectivity index (χ3v) is 3.60. The molecular weight excluding hydrogens is 276 g/mol. The van der Waals surface area contributed by atoms with E-state index < -0.39 is 6.04 Å². The number of likely N-dealkylation sites (tertiary alicyclic amines) is 1. The van der Waals surface area contributed by atoms with Crippen molar-refractivity contribution in [2.24, 2.45) is 0 Å². The lowest BCUT2D eigenvalue weighted by atomic mass is 10.1. The van der Waals surface area contributed by atoms with Crippen LogP contribution >= 0.6 is 11.6 Å². The molecule has 1 saturated heterocycles. The molecule has 0 radical (unpaired) electrons. The molecule has 1 atom stereocenters.